The van der Waals surface area contributed by atoms with Gasteiger partial charge in [0.2, 0.25) is 0 Å². The van der Waals surface area contributed by atoms with Crippen molar-refractivity contribution in [3.05, 3.63) is 12.2 Å². The predicted molar refractivity (Wildman–Crippen MR) is 45.9 cm³/mol. The number of rotatable bonds is 6. The lowest BCUT2D eigenvalue weighted by Crippen LogP contribution is -2.11. The molecule has 0 aromatic carbocycles. The zero-order chi connectivity index (χ0) is 9.40. The summed E-state index contributed by atoms with van der Waals surface area (Å²) >= 11 is 0. The molecule has 0 rings (SSSR count). The number of aliphatic carboxylic acids is 1. The molecule has 12 heavy (non-hydrogen) atoms. The maximum Gasteiger partial charge on any atom is 0.306 e. The molecule has 0 fully saturated rings. The molecule has 0 amide bonds. The van der Waals surface area contributed by atoms with Crippen LogP contribution in [0.3, 0.4) is 0 Å². The van der Waals surface area contributed by atoms with Gasteiger partial charge in [-0.05, 0) is 12.8 Å². The second-order valence-corrected chi connectivity index (χ2v) is 2.55. The summed E-state index contributed by atoms with van der Waals surface area (Å²) in [5.41, 5.74) is 0. The molecule has 1 unspecified atom stereocenters. The van der Waals surface area contributed by atoms with Crippen LogP contribution in [0.25, 0.3) is 0 Å². The third-order valence-electron chi connectivity index (χ3n) is 1.66. The van der Waals surface area contributed by atoms with Gasteiger partial charge in [-0.2, -0.15) is 0 Å². The Morgan fingerprint density at radius 2 is 2.17 bits per heavy atom. The highest BCUT2D eigenvalue weighted by molar-refractivity contribution is 5.70. The third-order valence-corrected chi connectivity index (χ3v) is 1.66. The van der Waals surface area contributed by atoms with E-state index in [1.807, 2.05) is 6.92 Å². The number of carbonyl (C=O) groups is 2. The van der Waals surface area contributed by atoms with Crippen molar-refractivity contribution in [2.24, 2.45) is 5.92 Å². The molecule has 0 aliphatic rings. The lowest BCUT2D eigenvalue weighted by Gasteiger charge is -2.04. The van der Waals surface area contributed by atoms with Crippen molar-refractivity contribution in [1.29, 1.82) is 0 Å². The van der Waals surface area contributed by atoms with Crippen LogP contribution in [-0.2, 0) is 9.59 Å². The second kappa shape index (κ2) is 6.58. The molecule has 0 aromatic heterocycles. The van der Waals surface area contributed by atoms with Crippen LogP contribution < -0.4 is 0 Å². The minimum atomic E-state index is -0.770. The van der Waals surface area contributed by atoms with Gasteiger partial charge in [0.1, 0.15) is 6.29 Å². The average molecular weight is 170 g/mol. The first kappa shape index (κ1) is 10.9. The summed E-state index contributed by atoms with van der Waals surface area (Å²) in [5.74, 6) is -1.08. The van der Waals surface area contributed by atoms with Crippen LogP contribution in [0.15, 0.2) is 12.2 Å². The molecule has 1 N–H and O–H groups in total. The average Bonchev–Trinajstić information content (AvgIpc) is 2.04. The lowest BCUT2D eigenvalue weighted by molar-refractivity contribution is -0.141. The fraction of sp³-hybridized carbons (Fsp3) is 0.556. The van der Waals surface area contributed by atoms with Gasteiger partial charge in [0.05, 0.1) is 5.92 Å². The van der Waals surface area contributed by atoms with Gasteiger partial charge in [0.25, 0.3) is 0 Å². The summed E-state index contributed by atoms with van der Waals surface area (Å²) in [6.45, 7) is 1.84. The van der Waals surface area contributed by atoms with E-state index in [4.69, 9.17) is 5.11 Å². The molecule has 0 bridgehead atoms. The Balaban J connectivity index is 3.71. The van der Waals surface area contributed by atoms with Crippen LogP contribution in [-0.4, -0.2) is 17.4 Å². The van der Waals surface area contributed by atoms with Crippen LogP contribution in [0.4, 0.5) is 0 Å². The highest BCUT2D eigenvalue weighted by atomic mass is 16.4. The molecule has 0 aliphatic heterocycles. The molecule has 0 aliphatic carbocycles. The maximum absolute atomic E-state index is 10.5. The number of carboxylic acid groups (broad SMARTS) is 1. The smallest absolute Gasteiger partial charge is 0.306 e. The Kier molecular flexibility index (Phi) is 5.97. The monoisotopic (exact) mass is 170 g/mol. The largest absolute Gasteiger partial charge is 0.481 e. The predicted octanol–water partition coefficient (Wildman–Crippen LogP) is 1.63. The van der Waals surface area contributed by atoms with Gasteiger partial charge in [-0.15, -0.1) is 0 Å². The molecule has 0 radical (unpaired) electrons. The van der Waals surface area contributed by atoms with E-state index in [1.54, 1.807) is 12.2 Å². The van der Waals surface area contributed by atoms with Crippen molar-refractivity contribution < 1.29 is 14.7 Å². The van der Waals surface area contributed by atoms with Crippen molar-refractivity contribution in [3.8, 4) is 0 Å². The number of carboxylic acids is 1. The Hall–Kier alpha value is -1.12. The Morgan fingerprint density at radius 1 is 1.50 bits per heavy atom. The van der Waals surface area contributed by atoms with Crippen molar-refractivity contribution in [1.82, 2.24) is 0 Å². The minimum Gasteiger partial charge on any atom is -0.481 e. The van der Waals surface area contributed by atoms with E-state index in [0.717, 1.165) is 6.29 Å². The second-order valence-electron chi connectivity index (χ2n) is 2.55. The fourth-order valence-electron chi connectivity index (χ4n) is 0.854. The summed E-state index contributed by atoms with van der Waals surface area (Å²) in [7, 11) is 0. The van der Waals surface area contributed by atoms with Gasteiger partial charge in [0.15, 0.2) is 0 Å². The van der Waals surface area contributed by atoms with Gasteiger partial charge in [-0.3, -0.25) is 4.79 Å². The van der Waals surface area contributed by atoms with Gasteiger partial charge >= 0.3 is 5.97 Å². The normalized spacial score (nSPS) is 13.1. The Labute approximate surface area is 72.1 Å². The molecule has 68 valence electrons. The minimum absolute atomic E-state index is 0.312. The van der Waals surface area contributed by atoms with E-state index in [-0.39, 0.29) is 5.92 Å². The quantitative estimate of drug-likeness (QED) is 0.487. The molecule has 0 spiro atoms. The van der Waals surface area contributed by atoms with Crippen molar-refractivity contribution in [2.75, 3.05) is 0 Å². The fourth-order valence-corrected chi connectivity index (χ4v) is 0.854. The van der Waals surface area contributed by atoms with Crippen molar-refractivity contribution >= 4 is 12.3 Å². The summed E-state index contributed by atoms with van der Waals surface area (Å²) in [4.78, 5) is 20.4. The van der Waals surface area contributed by atoms with Gasteiger partial charge in [-0.25, -0.2) is 0 Å². The number of carbonyl (C=O) groups excluding carboxylic acids is 1. The standard InChI is InChI=1S/C9H14O3/c1-2-8(9(11)12)6-4-3-5-7-10/h3-4,7-8H,2,5-6H2,1H3,(H,11,12). The Bertz CT molecular complexity index is 173. The number of hydrogen-bond donors (Lipinski definition) is 1. The Morgan fingerprint density at radius 3 is 2.58 bits per heavy atom. The van der Waals surface area contributed by atoms with Crippen molar-refractivity contribution in [3.63, 3.8) is 0 Å². The highest BCUT2D eigenvalue weighted by Crippen LogP contribution is 2.08. The van der Waals surface area contributed by atoms with Crippen molar-refractivity contribution in [2.45, 2.75) is 26.2 Å². The van der Waals surface area contributed by atoms with Crippen LogP contribution in [0.5, 0.6) is 0 Å². The van der Waals surface area contributed by atoms with Crippen LogP contribution in [0.1, 0.15) is 26.2 Å². The maximum atomic E-state index is 10.5. The topological polar surface area (TPSA) is 54.4 Å². The molecule has 0 heterocycles. The van der Waals surface area contributed by atoms with Gasteiger partial charge in [-0.1, -0.05) is 19.1 Å². The highest BCUT2D eigenvalue weighted by Gasteiger charge is 2.11. The van der Waals surface area contributed by atoms with Gasteiger partial charge in [0, 0.05) is 6.42 Å². The van der Waals surface area contributed by atoms with Gasteiger partial charge < -0.3 is 9.90 Å². The number of allylic oxidation sites excluding steroid dienone is 2. The molecular formula is C9H14O3. The molecule has 3 nitrogen and oxygen atoms in total. The van der Waals surface area contributed by atoms with Crippen LogP contribution >= 0.6 is 0 Å². The molecule has 0 saturated heterocycles. The molecular weight excluding hydrogens is 156 g/mol. The first-order chi connectivity index (χ1) is 5.72. The zero-order valence-electron chi connectivity index (χ0n) is 7.19. The van der Waals surface area contributed by atoms with E-state index in [9.17, 15) is 9.59 Å². The third kappa shape index (κ3) is 4.66. The number of aldehydes is 1. The molecule has 3 heteroatoms. The van der Waals surface area contributed by atoms with Crippen LogP contribution in [0.2, 0.25) is 0 Å². The van der Waals surface area contributed by atoms with E-state index in [1.165, 1.54) is 0 Å². The van der Waals surface area contributed by atoms with E-state index < -0.39 is 5.97 Å². The van der Waals surface area contributed by atoms with E-state index in [2.05, 4.69) is 0 Å². The van der Waals surface area contributed by atoms with E-state index in [0.29, 0.717) is 19.3 Å². The molecule has 0 aromatic rings. The number of hydrogen-bond acceptors (Lipinski definition) is 2. The lowest BCUT2D eigenvalue weighted by atomic mass is 10.0. The van der Waals surface area contributed by atoms with Crippen LogP contribution in [0, 0.1) is 5.92 Å². The van der Waals surface area contributed by atoms with E-state index >= 15 is 0 Å². The first-order valence-corrected chi connectivity index (χ1v) is 4.03. The first-order valence-electron chi connectivity index (χ1n) is 4.03. The SMILES string of the molecule is CCC(CC=CCC=O)C(=O)O. The summed E-state index contributed by atoms with van der Waals surface area (Å²) in [6, 6.07) is 0. The molecule has 0 saturated carbocycles. The zero-order valence-corrected chi connectivity index (χ0v) is 7.19. The summed E-state index contributed by atoms with van der Waals surface area (Å²) < 4.78 is 0. The summed E-state index contributed by atoms with van der Waals surface area (Å²) in [5, 5.41) is 8.63. The molecule has 1 atom stereocenters. The summed E-state index contributed by atoms with van der Waals surface area (Å²) in [6.07, 6.45) is 5.74.